The Morgan fingerprint density at radius 1 is 1.08 bits per heavy atom. The number of fused-ring (bicyclic) bond motifs is 1. The minimum absolute atomic E-state index is 0.159. The summed E-state index contributed by atoms with van der Waals surface area (Å²) in [6.45, 7) is 8.13. The van der Waals surface area contributed by atoms with Crippen LogP contribution in [0.5, 0.6) is 0 Å². The number of thioether (sulfide) groups is 1. The summed E-state index contributed by atoms with van der Waals surface area (Å²) in [5, 5.41) is 7.53. The third-order valence-corrected chi connectivity index (χ3v) is 5.85. The van der Waals surface area contributed by atoms with E-state index in [9.17, 15) is 4.79 Å². The van der Waals surface area contributed by atoms with Gasteiger partial charge in [-0.25, -0.2) is 15.1 Å². The summed E-state index contributed by atoms with van der Waals surface area (Å²) in [6, 6.07) is 3.35. The SMILES string of the molecule is CSc1nc(C)c(C)c(N2CC3CN(c4ccc(=O)[nH]n4)CC3C2)n1. The third kappa shape index (κ3) is 2.99. The van der Waals surface area contributed by atoms with Gasteiger partial charge in [-0.05, 0) is 26.2 Å². The summed E-state index contributed by atoms with van der Waals surface area (Å²) in [4.78, 5) is 25.2. The first kappa shape index (κ1) is 16.4. The van der Waals surface area contributed by atoms with Crippen molar-refractivity contribution in [2.45, 2.75) is 19.0 Å². The molecule has 2 atom stereocenters. The molecule has 2 aromatic rings. The van der Waals surface area contributed by atoms with E-state index < -0.39 is 0 Å². The predicted octanol–water partition coefficient (Wildman–Crippen LogP) is 1.47. The molecule has 4 rings (SSSR count). The van der Waals surface area contributed by atoms with Gasteiger partial charge in [0.05, 0.1) is 0 Å². The van der Waals surface area contributed by atoms with Crippen LogP contribution in [0.1, 0.15) is 11.3 Å². The molecule has 0 radical (unpaired) electrons. The second-order valence-electron chi connectivity index (χ2n) is 6.85. The molecule has 0 saturated carbocycles. The molecule has 0 amide bonds. The average molecular weight is 358 g/mol. The first-order chi connectivity index (χ1) is 12.0. The summed E-state index contributed by atoms with van der Waals surface area (Å²) in [5.41, 5.74) is 2.08. The molecule has 2 aliphatic rings. The molecule has 2 aliphatic heterocycles. The molecule has 4 heterocycles. The number of aromatic amines is 1. The predicted molar refractivity (Wildman–Crippen MR) is 99.6 cm³/mol. The van der Waals surface area contributed by atoms with E-state index in [0.717, 1.165) is 48.7 Å². The van der Waals surface area contributed by atoms with Gasteiger partial charge in [0, 0.05) is 55.3 Å². The molecule has 2 fully saturated rings. The van der Waals surface area contributed by atoms with Crippen molar-refractivity contribution >= 4 is 23.4 Å². The summed E-state index contributed by atoms with van der Waals surface area (Å²) in [6.07, 6.45) is 2.02. The summed E-state index contributed by atoms with van der Waals surface area (Å²) >= 11 is 1.59. The van der Waals surface area contributed by atoms with Crippen LogP contribution in [0.3, 0.4) is 0 Å². The first-order valence-corrected chi connectivity index (χ1v) is 9.72. The van der Waals surface area contributed by atoms with Gasteiger partial charge in [-0.3, -0.25) is 4.79 Å². The van der Waals surface area contributed by atoms with Gasteiger partial charge in [-0.15, -0.1) is 0 Å². The zero-order valence-electron chi connectivity index (χ0n) is 14.7. The minimum atomic E-state index is -0.159. The van der Waals surface area contributed by atoms with Crippen molar-refractivity contribution in [3.63, 3.8) is 0 Å². The fraction of sp³-hybridized carbons (Fsp3) is 0.529. The zero-order chi connectivity index (χ0) is 17.6. The Balaban J connectivity index is 1.50. The van der Waals surface area contributed by atoms with Crippen molar-refractivity contribution in [2.75, 3.05) is 42.2 Å². The van der Waals surface area contributed by atoms with E-state index in [-0.39, 0.29) is 5.56 Å². The molecule has 132 valence electrons. The number of hydrogen-bond acceptors (Lipinski definition) is 7. The number of nitrogens with zero attached hydrogens (tertiary/aromatic N) is 5. The Kier molecular flexibility index (Phi) is 4.15. The number of rotatable bonds is 3. The van der Waals surface area contributed by atoms with Crippen molar-refractivity contribution in [3.8, 4) is 0 Å². The molecule has 2 aromatic heterocycles. The largest absolute Gasteiger partial charge is 0.356 e. The van der Waals surface area contributed by atoms with E-state index in [0.29, 0.717) is 11.8 Å². The Morgan fingerprint density at radius 2 is 1.76 bits per heavy atom. The quantitative estimate of drug-likeness (QED) is 0.657. The van der Waals surface area contributed by atoms with Crippen molar-refractivity contribution in [1.82, 2.24) is 20.2 Å². The van der Waals surface area contributed by atoms with Crippen LogP contribution in [0.4, 0.5) is 11.6 Å². The maximum absolute atomic E-state index is 11.2. The van der Waals surface area contributed by atoms with E-state index in [2.05, 4.69) is 38.8 Å². The lowest BCUT2D eigenvalue weighted by Crippen LogP contribution is -2.30. The highest BCUT2D eigenvalue weighted by molar-refractivity contribution is 7.98. The van der Waals surface area contributed by atoms with Crippen LogP contribution in [-0.2, 0) is 0 Å². The fourth-order valence-corrected chi connectivity index (χ4v) is 4.26. The summed E-state index contributed by atoms with van der Waals surface area (Å²) in [7, 11) is 0. The van der Waals surface area contributed by atoms with E-state index in [1.165, 1.54) is 5.56 Å². The minimum Gasteiger partial charge on any atom is -0.356 e. The second-order valence-corrected chi connectivity index (χ2v) is 7.63. The number of hydrogen-bond donors (Lipinski definition) is 1. The number of H-pyrrole nitrogens is 1. The molecule has 0 aliphatic carbocycles. The highest BCUT2D eigenvalue weighted by Crippen LogP contribution is 2.36. The van der Waals surface area contributed by atoms with Gasteiger partial charge in [0.25, 0.3) is 5.56 Å². The van der Waals surface area contributed by atoms with E-state index in [4.69, 9.17) is 4.98 Å². The summed E-state index contributed by atoms with van der Waals surface area (Å²) < 4.78 is 0. The van der Waals surface area contributed by atoms with Crippen LogP contribution in [0, 0.1) is 25.7 Å². The van der Waals surface area contributed by atoms with Crippen LogP contribution in [-0.4, -0.2) is 52.6 Å². The molecular weight excluding hydrogens is 336 g/mol. The van der Waals surface area contributed by atoms with Crippen LogP contribution in [0.2, 0.25) is 0 Å². The number of aromatic nitrogens is 4. The van der Waals surface area contributed by atoms with Crippen molar-refractivity contribution in [3.05, 3.63) is 33.7 Å². The topological polar surface area (TPSA) is 78.0 Å². The second kappa shape index (κ2) is 6.33. The van der Waals surface area contributed by atoms with E-state index in [1.807, 2.05) is 6.26 Å². The maximum atomic E-state index is 11.2. The summed E-state index contributed by atoms with van der Waals surface area (Å²) in [5.74, 6) is 3.14. The molecule has 8 heteroatoms. The molecule has 0 bridgehead atoms. The zero-order valence-corrected chi connectivity index (χ0v) is 15.5. The normalized spacial score (nSPS) is 22.5. The smallest absolute Gasteiger partial charge is 0.264 e. The Morgan fingerprint density at radius 3 is 2.36 bits per heavy atom. The molecule has 2 saturated heterocycles. The lowest BCUT2D eigenvalue weighted by Gasteiger charge is -2.24. The van der Waals surface area contributed by atoms with E-state index >= 15 is 0 Å². The van der Waals surface area contributed by atoms with Gasteiger partial charge < -0.3 is 9.80 Å². The van der Waals surface area contributed by atoms with Crippen LogP contribution in [0.25, 0.3) is 0 Å². The molecule has 0 spiro atoms. The average Bonchev–Trinajstić information content (AvgIpc) is 3.16. The van der Waals surface area contributed by atoms with Crippen molar-refractivity contribution in [2.24, 2.45) is 11.8 Å². The standard InChI is InChI=1S/C17H22N6OS/c1-10-11(2)18-17(25-3)19-16(10)23-8-12-6-22(7-13(12)9-23)14-4-5-15(24)21-20-14/h4-5,12-13H,6-9H2,1-3H3,(H,21,24). The molecule has 25 heavy (non-hydrogen) atoms. The van der Waals surface area contributed by atoms with Gasteiger partial charge in [0.15, 0.2) is 5.16 Å². The molecule has 0 aromatic carbocycles. The van der Waals surface area contributed by atoms with Crippen LogP contribution < -0.4 is 15.4 Å². The number of anilines is 2. The van der Waals surface area contributed by atoms with Crippen molar-refractivity contribution in [1.29, 1.82) is 0 Å². The van der Waals surface area contributed by atoms with Gasteiger partial charge in [0.1, 0.15) is 11.6 Å². The Hall–Kier alpha value is -2.09. The first-order valence-electron chi connectivity index (χ1n) is 8.50. The van der Waals surface area contributed by atoms with E-state index in [1.54, 1.807) is 23.9 Å². The third-order valence-electron chi connectivity index (χ3n) is 5.30. The van der Waals surface area contributed by atoms with Crippen molar-refractivity contribution < 1.29 is 0 Å². The number of aryl methyl sites for hydroxylation is 1. The Bertz CT molecular complexity index is 819. The monoisotopic (exact) mass is 358 g/mol. The number of nitrogens with one attached hydrogen (secondary N) is 1. The highest BCUT2D eigenvalue weighted by atomic mass is 32.2. The van der Waals surface area contributed by atoms with Gasteiger partial charge >= 0.3 is 0 Å². The van der Waals surface area contributed by atoms with Gasteiger partial charge in [-0.2, -0.15) is 5.10 Å². The molecule has 2 unspecified atom stereocenters. The molecule has 7 nitrogen and oxygen atoms in total. The van der Waals surface area contributed by atoms with Gasteiger partial charge in [0.2, 0.25) is 0 Å². The van der Waals surface area contributed by atoms with Gasteiger partial charge in [-0.1, -0.05) is 11.8 Å². The lowest BCUT2D eigenvalue weighted by molar-refractivity contribution is 0.533. The van der Waals surface area contributed by atoms with Crippen LogP contribution >= 0.6 is 11.8 Å². The Labute approximate surface area is 150 Å². The fourth-order valence-electron chi connectivity index (χ4n) is 3.85. The highest BCUT2D eigenvalue weighted by Gasteiger charge is 2.41. The van der Waals surface area contributed by atoms with Crippen LogP contribution in [0.15, 0.2) is 22.1 Å². The molecule has 1 N–H and O–H groups in total. The maximum Gasteiger partial charge on any atom is 0.264 e. The molecular formula is C17H22N6OS. The lowest BCUT2D eigenvalue weighted by atomic mass is 10.0.